The number of non-ortho nitro benzene ring substituents is 1. The molecule has 1 heterocycles. The van der Waals surface area contributed by atoms with E-state index in [1.165, 1.54) is 24.3 Å². The minimum atomic E-state index is -0.491. The lowest BCUT2D eigenvalue weighted by Crippen LogP contribution is -1.99. The van der Waals surface area contributed by atoms with Crippen LogP contribution in [0.2, 0.25) is 0 Å². The number of esters is 1. The van der Waals surface area contributed by atoms with Crippen LogP contribution in [0.15, 0.2) is 48.8 Å². The molecule has 0 spiro atoms. The van der Waals surface area contributed by atoms with Gasteiger partial charge in [-0.2, -0.15) is 0 Å². The SMILES string of the molecule is CCOC(=O)/C=C/c1cc([N+](=O)[O-])ccc1-c1ccncc1. The molecule has 0 amide bonds. The number of nitrogens with zero attached hydrogens (tertiary/aromatic N) is 2. The molecule has 0 aliphatic rings. The van der Waals surface area contributed by atoms with Crippen molar-refractivity contribution >= 4 is 17.7 Å². The Balaban J connectivity index is 2.45. The molecule has 0 N–H and O–H groups in total. The molecule has 6 nitrogen and oxygen atoms in total. The molecule has 6 heteroatoms. The fourth-order valence-corrected chi connectivity index (χ4v) is 1.94. The Morgan fingerprint density at radius 3 is 2.68 bits per heavy atom. The molecule has 0 saturated heterocycles. The highest BCUT2D eigenvalue weighted by atomic mass is 16.6. The Morgan fingerprint density at radius 2 is 2.05 bits per heavy atom. The van der Waals surface area contributed by atoms with Crippen molar-refractivity contribution in [1.82, 2.24) is 4.98 Å². The lowest BCUT2D eigenvalue weighted by atomic mass is 9.99. The standard InChI is InChI=1S/C16H14N2O4/c1-2-22-16(19)6-3-13-11-14(18(20)21)4-5-15(13)12-7-9-17-10-8-12/h3-11H,2H2,1H3/b6-3+. The molecule has 2 rings (SSSR count). The number of benzene rings is 1. The zero-order valence-electron chi connectivity index (χ0n) is 11.9. The maximum Gasteiger partial charge on any atom is 0.330 e. The van der Waals surface area contributed by atoms with Crippen LogP contribution >= 0.6 is 0 Å². The number of hydrogen-bond acceptors (Lipinski definition) is 5. The number of hydrogen-bond donors (Lipinski definition) is 0. The summed E-state index contributed by atoms with van der Waals surface area (Å²) in [7, 11) is 0. The molecular formula is C16H14N2O4. The molecule has 0 fully saturated rings. The van der Waals surface area contributed by atoms with E-state index in [-0.39, 0.29) is 12.3 Å². The number of aromatic nitrogens is 1. The van der Waals surface area contributed by atoms with E-state index < -0.39 is 10.9 Å². The topological polar surface area (TPSA) is 82.3 Å². The molecule has 1 aromatic carbocycles. The highest BCUT2D eigenvalue weighted by Gasteiger charge is 2.11. The molecule has 22 heavy (non-hydrogen) atoms. The minimum absolute atomic E-state index is 0.0404. The van der Waals surface area contributed by atoms with Gasteiger partial charge in [0.15, 0.2) is 0 Å². The number of ether oxygens (including phenoxy) is 1. The third-order valence-corrected chi connectivity index (χ3v) is 2.92. The van der Waals surface area contributed by atoms with Crippen molar-refractivity contribution < 1.29 is 14.5 Å². The summed E-state index contributed by atoms with van der Waals surface area (Å²) in [6.45, 7) is 1.98. The maximum absolute atomic E-state index is 11.4. The largest absolute Gasteiger partial charge is 0.463 e. The summed E-state index contributed by atoms with van der Waals surface area (Å²) >= 11 is 0. The molecule has 0 saturated carbocycles. The Kier molecular flexibility index (Phi) is 4.98. The van der Waals surface area contributed by atoms with E-state index in [0.717, 1.165) is 11.1 Å². The Hall–Kier alpha value is -3.02. The van der Waals surface area contributed by atoms with Crippen LogP contribution in [-0.2, 0) is 9.53 Å². The first kappa shape index (κ1) is 15.4. The third-order valence-electron chi connectivity index (χ3n) is 2.92. The van der Waals surface area contributed by atoms with Gasteiger partial charge in [0.1, 0.15) is 0 Å². The van der Waals surface area contributed by atoms with Gasteiger partial charge in [-0.05, 0) is 47.9 Å². The van der Waals surface area contributed by atoms with E-state index in [1.54, 1.807) is 37.5 Å². The molecule has 0 aliphatic heterocycles. The van der Waals surface area contributed by atoms with Crippen LogP contribution in [0.3, 0.4) is 0 Å². The summed E-state index contributed by atoms with van der Waals surface area (Å²) in [6, 6.07) is 8.09. The molecule has 0 atom stereocenters. The van der Waals surface area contributed by atoms with E-state index in [0.29, 0.717) is 5.56 Å². The molecule has 0 aliphatic carbocycles. The van der Waals surface area contributed by atoms with Crippen LogP contribution in [0.5, 0.6) is 0 Å². The van der Waals surface area contributed by atoms with Gasteiger partial charge >= 0.3 is 5.97 Å². The van der Waals surface area contributed by atoms with Gasteiger partial charge in [-0.15, -0.1) is 0 Å². The van der Waals surface area contributed by atoms with Crippen molar-refractivity contribution in [3.63, 3.8) is 0 Å². The molecule has 0 bridgehead atoms. The maximum atomic E-state index is 11.4. The minimum Gasteiger partial charge on any atom is -0.463 e. The highest BCUT2D eigenvalue weighted by molar-refractivity contribution is 5.89. The molecule has 0 unspecified atom stereocenters. The number of rotatable bonds is 5. The Morgan fingerprint density at radius 1 is 1.32 bits per heavy atom. The highest BCUT2D eigenvalue weighted by Crippen LogP contribution is 2.28. The van der Waals surface area contributed by atoms with E-state index in [2.05, 4.69) is 4.98 Å². The molecule has 112 valence electrons. The van der Waals surface area contributed by atoms with Gasteiger partial charge in [0.25, 0.3) is 5.69 Å². The van der Waals surface area contributed by atoms with Crippen LogP contribution in [-0.4, -0.2) is 22.5 Å². The number of nitro benzene ring substituents is 1. The Labute approximate surface area is 127 Å². The van der Waals surface area contributed by atoms with E-state index in [1.807, 2.05) is 0 Å². The van der Waals surface area contributed by atoms with Crippen LogP contribution < -0.4 is 0 Å². The van der Waals surface area contributed by atoms with Gasteiger partial charge in [-0.3, -0.25) is 15.1 Å². The summed E-state index contributed by atoms with van der Waals surface area (Å²) in [5.41, 5.74) is 2.15. The number of nitro groups is 1. The van der Waals surface area contributed by atoms with Crippen LogP contribution in [0.25, 0.3) is 17.2 Å². The monoisotopic (exact) mass is 298 g/mol. The first-order valence-electron chi connectivity index (χ1n) is 6.65. The zero-order valence-corrected chi connectivity index (χ0v) is 11.9. The summed E-state index contributed by atoms with van der Waals surface area (Å²) in [5, 5.41) is 10.9. The quantitative estimate of drug-likeness (QED) is 0.366. The number of carbonyl (C=O) groups is 1. The fourth-order valence-electron chi connectivity index (χ4n) is 1.94. The summed E-state index contributed by atoms with van der Waals surface area (Å²) in [6.07, 6.45) is 6.04. The summed E-state index contributed by atoms with van der Waals surface area (Å²) in [4.78, 5) is 25.8. The van der Waals surface area contributed by atoms with Crippen molar-refractivity contribution in [1.29, 1.82) is 0 Å². The van der Waals surface area contributed by atoms with Gasteiger partial charge in [0.05, 0.1) is 11.5 Å². The van der Waals surface area contributed by atoms with E-state index in [4.69, 9.17) is 4.74 Å². The van der Waals surface area contributed by atoms with Crippen molar-refractivity contribution in [3.05, 3.63) is 64.5 Å². The van der Waals surface area contributed by atoms with Gasteiger partial charge < -0.3 is 4.74 Å². The lowest BCUT2D eigenvalue weighted by Gasteiger charge is -2.06. The van der Waals surface area contributed by atoms with Crippen molar-refractivity contribution in [2.75, 3.05) is 6.61 Å². The molecule has 0 radical (unpaired) electrons. The van der Waals surface area contributed by atoms with Crippen molar-refractivity contribution in [2.24, 2.45) is 0 Å². The van der Waals surface area contributed by atoms with E-state index in [9.17, 15) is 14.9 Å². The van der Waals surface area contributed by atoms with Crippen LogP contribution in [0.4, 0.5) is 5.69 Å². The molecule has 2 aromatic rings. The normalized spacial score (nSPS) is 10.6. The number of pyridine rings is 1. The smallest absolute Gasteiger partial charge is 0.330 e. The van der Waals surface area contributed by atoms with E-state index >= 15 is 0 Å². The first-order chi connectivity index (χ1) is 10.6. The second kappa shape index (κ2) is 7.12. The summed E-state index contributed by atoms with van der Waals surface area (Å²) < 4.78 is 4.82. The van der Waals surface area contributed by atoms with Gasteiger partial charge in [-0.25, -0.2) is 4.79 Å². The van der Waals surface area contributed by atoms with Gasteiger partial charge in [0, 0.05) is 30.6 Å². The fraction of sp³-hybridized carbons (Fsp3) is 0.125. The Bertz CT molecular complexity index is 711. The van der Waals surface area contributed by atoms with Crippen LogP contribution in [0.1, 0.15) is 12.5 Å². The first-order valence-corrected chi connectivity index (χ1v) is 6.65. The second-order valence-electron chi connectivity index (χ2n) is 4.35. The predicted octanol–water partition coefficient (Wildman–Crippen LogP) is 3.23. The van der Waals surface area contributed by atoms with Crippen molar-refractivity contribution in [2.45, 2.75) is 6.92 Å². The van der Waals surface area contributed by atoms with Gasteiger partial charge in [0.2, 0.25) is 0 Å². The summed E-state index contributed by atoms with van der Waals surface area (Å²) in [5.74, 6) is -0.491. The predicted molar refractivity (Wildman–Crippen MR) is 82.0 cm³/mol. The van der Waals surface area contributed by atoms with Crippen molar-refractivity contribution in [3.8, 4) is 11.1 Å². The third kappa shape index (κ3) is 3.76. The average molecular weight is 298 g/mol. The lowest BCUT2D eigenvalue weighted by molar-refractivity contribution is -0.384. The average Bonchev–Trinajstić information content (AvgIpc) is 2.53. The van der Waals surface area contributed by atoms with Gasteiger partial charge in [-0.1, -0.05) is 0 Å². The zero-order chi connectivity index (χ0) is 15.9. The second-order valence-corrected chi connectivity index (χ2v) is 4.35. The molecule has 1 aromatic heterocycles. The van der Waals surface area contributed by atoms with Crippen LogP contribution in [0, 0.1) is 10.1 Å². The molecular weight excluding hydrogens is 284 g/mol. The number of carbonyl (C=O) groups excluding carboxylic acids is 1.